The zero-order valence-electron chi connectivity index (χ0n) is 13.4. The van der Waals surface area contributed by atoms with E-state index >= 15 is 0 Å². The van der Waals surface area contributed by atoms with Gasteiger partial charge in [0, 0.05) is 11.1 Å². The molecule has 2 heteroatoms. The van der Waals surface area contributed by atoms with E-state index in [0.717, 1.165) is 12.2 Å². The summed E-state index contributed by atoms with van der Waals surface area (Å²) in [5, 5.41) is 0. The average molecular weight is 275 g/mol. The molecule has 1 aliphatic carbocycles. The summed E-state index contributed by atoms with van der Waals surface area (Å²) in [6, 6.07) is 8.34. The van der Waals surface area contributed by atoms with Crippen molar-refractivity contribution in [3.05, 3.63) is 29.8 Å². The van der Waals surface area contributed by atoms with E-state index in [0.29, 0.717) is 12.5 Å². The number of rotatable bonds is 3. The van der Waals surface area contributed by atoms with Crippen LogP contribution in [0.3, 0.4) is 0 Å². The molecule has 0 heterocycles. The molecule has 1 aromatic rings. The highest BCUT2D eigenvalue weighted by molar-refractivity contribution is 5.40. The minimum absolute atomic E-state index is 0.217. The van der Waals surface area contributed by atoms with Gasteiger partial charge in [0.1, 0.15) is 5.75 Å². The molecule has 1 saturated carbocycles. The lowest BCUT2D eigenvalue weighted by Crippen LogP contribution is -2.51. The Hall–Kier alpha value is -1.02. The van der Waals surface area contributed by atoms with Gasteiger partial charge >= 0.3 is 0 Å². The van der Waals surface area contributed by atoms with Crippen LogP contribution in [-0.2, 0) is 5.54 Å². The van der Waals surface area contributed by atoms with E-state index in [1.165, 1.54) is 24.8 Å². The average Bonchev–Trinajstić information content (AvgIpc) is 2.39. The van der Waals surface area contributed by atoms with Crippen LogP contribution < -0.4 is 10.5 Å². The lowest BCUT2D eigenvalue weighted by molar-refractivity contribution is 0.0755. The zero-order chi connectivity index (χ0) is 14.8. The highest BCUT2D eigenvalue weighted by Gasteiger charge is 2.45. The maximum atomic E-state index is 6.96. The molecule has 2 nitrogen and oxygen atoms in total. The molecular formula is C18H29NO. The standard InChI is InChI=1S/C18H29NO/c1-5-20-15-11-7-6-10-14(15)18(19)13-9-8-12-16(18)17(2,3)4/h6-7,10-11,16H,5,8-9,12-13,19H2,1-4H3. The minimum atomic E-state index is -0.262. The van der Waals surface area contributed by atoms with Gasteiger partial charge in [-0.2, -0.15) is 0 Å². The molecule has 0 amide bonds. The van der Waals surface area contributed by atoms with Gasteiger partial charge in [0.05, 0.1) is 6.61 Å². The Morgan fingerprint density at radius 3 is 2.60 bits per heavy atom. The molecular weight excluding hydrogens is 246 g/mol. The number of benzene rings is 1. The smallest absolute Gasteiger partial charge is 0.124 e. The summed E-state index contributed by atoms with van der Waals surface area (Å²) in [6.07, 6.45) is 4.76. The molecule has 0 saturated heterocycles. The molecule has 1 aliphatic rings. The number of para-hydroxylation sites is 1. The number of ether oxygens (including phenoxy) is 1. The van der Waals surface area contributed by atoms with Crippen molar-refractivity contribution in [1.29, 1.82) is 0 Å². The molecule has 0 radical (unpaired) electrons. The summed E-state index contributed by atoms with van der Waals surface area (Å²) in [7, 11) is 0. The van der Waals surface area contributed by atoms with Crippen LogP contribution in [0, 0.1) is 11.3 Å². The first-order valence-electron chi connectivity index (χ1n) is 7.91. The molecule has 1 aromatic carbocycles. The van der Waals surface area contributed by atoms with E-state index in [9.17, 15) is 0 Å². The van der Waals surface area contributed by atoms with Crippen molar-refractivity contribution in [2.45, 2.75) is 58.9 Å². The SMILES string of the molecule is CCOc1ccccc1C1(N)CCCCC1C(C)(C)C. The van der Waals surface area contributed by atoms with Crippen molar-refractivity contribution < 1.29 is 4.74 Å². The summed E-state index contributed by atoms with van der Waals surface area (Å²) in [5.74, 6) is 1.46. The predicted octanol–water partition coefficient (Wildman–Crippen LogP) is 4.48. The van der Waals surface area contributed by atoms with Gasteiger partial charge in [0.25, 0.3) is 0 Å². The Balaban J connectivity index is 2.46. The molecule has 20 heavy (non-hydrogen) atoms. The molecule has 112 valence electrons. The van der Waals surface area contributed by atoms with Crippen molar-refractivity contribution in [2.24, 2.45) is 17.1 Å². The van der Waals surface area contributed by atoms with Crippen molar-refractivity contribution >= 4 is 0 Å². The Morgan fingerprint density at radius 2 is 1.95 bits per heavy atom. The lowest BCUT2D eigenvalue weighted by Gasteiger charge is -2.48. The van der Waals surface area contributed by atoms with E-state index < -0.39 is 0 Å². The first-order valence-corrected chi connectivity index (χ1v) is 7.91. The summed E-state index contributed by atoms with van der Waals surface area (Å²) in [4.78, 5) is 0. The highest BCUT2D eigenvalue weighted by Crippen LogP contribution is 2.50. The molecule has 1 fully saturated rings. The largest absolute Gasteiger partial charge is 0.494 e. The van der Waals surface area contributed by atoms with Crippen LogP contribution in [0.4, 0.5) is 0 Å². The third-order valence-corrected chi connectivity index (χ3v) is 4.69. The molecule has 2 rings (SSSR count). The number of nitrogens with two attached hydrogens (primary N) is 1. The molecule has 2 unspecified atom stereocenters. The molecule has 0 aromatic heterocycles. The minimum Gasteiger partial charge on any atom is -0.494 e. The van der Waals surface area contributed by atoms with Crippen molar-refractivity contribution in [3.63, 3.8) is 0 Å². The fourth-order valence-corrected chi connectivity index (χ4v) is 3.86. The summed E-state index contributed by atoms with van der Waals surface area (Å²) < 4.78 is 5.84. The van der Waals surface area contributed by atoms with Gasteiger partial charge in [-0.25, -0.2) is 0 Å². The first-order chi connectivity index (χ1) is 9.39. The quantitative estimate of drug-likeness (QED) is 0.883. The Kier molecular flexibility index (Phi) is 4.43. The third-order valence-electron chi connectivity index (χ3n) is 4.69. The van der Waals surface area contributed by atoms with E-state index in [2.05, 4.69) is 39.0 Å². The lowest BCUT2D eigenvalue weighted by atomic mass is 9.60. The fraction of sp³-hybridized carbons (Fsp3) is 0.667. The van der Waals surface area contributed by atoms with Crippen LogP contribution >= 0.6 is 0 Å². The van der Waals surface area contributed by atoms with Crippen molar-refractivity contribution in [3.8, 4) is 5.75 Å². The van der Waals surface area contributed by atoms with Crippen LogP contribution in [-0.4, -0.2) is 6.61 Å². The Morgan fingerprint density at radius 1 is 1.25 bits per heavy atom. The van der Waals surface area contributed by atoms with Crippen LogP contribution in [0.15, 0.2) is 24.3 Å². The van der Waals surface area contributed by atoms with Crippen LogP contribution in [0.1, 0.15) is 58.9 Å². The van der Waals surface area contributed by atoms with Crippen molar-refractivity contribution in [1.82, 2.24) is 0 Å². The number of hydrogen-bond acceptors (Lipinski definition) is 2. The van der Waals surface area contributed by atoms with Crippen LogP contribution in [0.2, 0.25) is 0 Å². The zero-order valence-corrected chi connectivity index (χ0v) is 13.4. The second-order valence-corrected chi connectivity index (χ2v) is 7.13. The molecule has 2 N–H and O–H groups in total. The maximum Gasteiger partial charge on any atom is 0.124 e. The Labute approximate surface area is 123 Å². The van der Waals surface area contributed by atoms with Crippen molar-refractivity contribution in [2.75, 3.05) is 6.61 Å². The van der Waals surface area contributed by atoms with E-state index in [1.807, 2.05) is 13.0 Å². The van der Waals surface area contributed by atoms with Gasteiger partial charge in [-0.1, -0.05) is 51.8 Å². The normalized spacial score (nSPS) is 27.4. The molecule has 2 atom stereocenters. The van der Waals surface area contributed by atoms with Crippen LogP contribution in [0.5, 0.6) is 5.75 Å². The topological polar surface area (TPSA) is 35.2 Å². The van der Waals surface area contributed by atoms with Gasteiger partial charge in [0.15, 0.2) is 0 Å². The summed E-state index contributed by atoms with van der Waals surface area (Å²) >= 11 is 0. The number of hydrogen-bond donors (Lipinski definition) is 1. The first kappa shape index (κ1) is 15.4. The molecule has 0 spiro atoms. The van der Waals surface area contributed by atoms with Gasteiger partial charge in [0.2, 0.25) is 0 Å². The molecule has 0 bridgehead atoms. The van der Waals surface area contributed by atoms with Gasteiger partial charge in [-0.3, -0.25) is 0 Å². The van der Waals surface area contributed by atoms with Gasteiger partial charge in [-0.05, 0) is 37.2 Å². The summed E-state index contributed by atoms with van der Waals surface area (Å²) in [6.45, 7) is 9.66. The third kappa shape index (κ3) is 2.85. The molecule has 0 aliphatic heterocycles. The maximum absolute atomic E-state index is 6.96. The van der Waals surface area contributed by atoms with Crippen LogP contribution in [0.25, 0.3) is 0 Å². The summed E-state index contributed by atoms with van der Waals surface area (Å²) in [5.41, 5.74) is 8.11. The predicted molar refractivity (Wildman–Crippen MR) is 84.9 cm³/mol. The second-order valence-electron chi connectivity index (χ2n) is 7.13. The highest BCUT2D eigenvalue weighted by atomic mass is 16.5. The van der Waals surface area contributed by atoms with E-state index in [-0.39, 0.29) is 11.0 Å². The van der Waals surface area contributed by atoms with Gasteiger partial charge < -0.3 is 10.5 Å². The fourth-order valence-electron chi connectivity index (χ4n) is 3.86. The Bertz CT molecular complexity index is 449. The monoisotopic (exact) mass is 275 g/mol. The second kappa shape index (κ2) is 5.77. The van der Waals surface area contributed by atoms with E-state index in [4.69, 9.17) is 10.5 Å². The van der Waals surface area contributed by atoms with E-state index in [1.54, 1.807) is 0 Å². The van der Waals surface area contributed by atoms with Gasteiger partial charge in [-0.15, -0.1) is 0 Å².